The van der Waals surface area contributed by atoms with Crippen molar-refractivity contribution < 1.29 is 0 Å². The number of rotatable bonds is 3. The van der Waals surface area contributed by atoms with Crippen LogP contribution in [0.25, 0.3) is 0 Å². The average Bonchev–Trinajstić information content (AvgIpc) is 2.33. The highest BCUT2D eigenvalue weighted by Gasteiger charge is 2.29. The zero-order chi connectivity index (χ0) is 13.1. The van der Waals surface area contributed by atoms with Crippen LogP contribution in [0.3, 0.4) is 0 Å². The summed E-state index contributed by atoms with van der Waals surface area (Å²) in [4.78, 5) is 6.79. The Kier molecular flexibility index (Phi) is 4.76. The van der Waals surface area contributed by atoms with Gasteiger partial charge in [0.25, 0.3) is 0 Å². The van der Waals surface area contributed by atoms with E-state index in [2.05, 4.69) is 45.7 Å². The molecule has 4 heteroatoms. The largest absolute Gasteiger partial charge is 0.329 e. The third-order valence-corrected chi connectivity index (χ3v) is 4.36. The van der Waals surface area contributed by atoms with Gasteiger partial charge in [0.05, 0.1) is 0 Å². The van der Waals surface area contributed by atoms with Gasteiger partial charge < -0.3 is 5.73 Å². The van der Waals surface area contributed by atoms with Crippen molar-refractivity contribution in [2.75, 3.05) is 13.1 Å². The summed E-state index contributed by atoms with van der Waals surface area (Å²) in [5.41, 5.74) is 7.21. The SMILES string of the molecule is CC1CCN(C(CN)c2cncc(Br)c2)C(C)C1. The summed E-state index contributed by atoms with van der Waals surface area (Å²) in [6, 6.07) is 3.02. The number of halogens is 1. The van der Waals surface area contributed by atoms with E-state index in [9.17, 15) is 0 Å². The van der Waals surface area contributed by atoms with Crippen molar-refractivity contribution in [1.29, 1.82) is 0 Å². The average molecular weight is 312 g/mol. The Labute approximate surface area is 118 Å². The number of likely N-dealkylation sites (tertiary alicyclic amines) is 1. The Balaban J connectivity index is 2.18. The first-order chi connectivity index (χ1) is 8.61. The van der Waals surface area contributed by atoms with Gasteiger partial charge >= 0.3 is 0 Å². The number of aromatic nitrogens is 1. The lowest BCUT2D eigenvalue weighted by atomic mass is 9.91. The Morgan fingerprint density at radius 2 is 2.28 bits per heavy atom. The van der Waals surface area contributed by atoms with Crippen LogP contribution in [0.5, 0.6) is 0 Å². The third-order valence-electron chi connectivity index (χ3n) is 3.92. The minimum Gasteiger partial charge on any atom is -0.329 e. The molecule has 0 aromatic carbocycles. The second-order valence-electron chi connectivity index (χ2n) is 5.40. The Bertz CT molecular complexity index is 396. The molecule has 1 aliphatic rings. The molecule has 1 saturated heterocycles. The van der Waals surface area contributed by atoms with Gasteiger partial charge in [-0.1, -0.05) is 6.92 Å². The van der Waals surface area contributed by atoms with Crippen molar-refractivity contribution in [3.8, 4) is 0 Å². The van der Waals surface area contributed by atoms with Gasteiger partial charge in [-0.25, -0.2) is 0 Å². The van der Waals surface area contributed by atoms with Crippen LogP contribution in [-0.4, -0.2) is 29.0 Å². The fourth-order valence-electron chi connectivity index (χ4n) is 2.96. The molecule has 1 fully saturated rings. The summed E-state index contributed by atoms with van der Waals surface area (Å²) in [6.07, 6.45) is 6.28. The zero-order valence-corrected chi connectivity index (χ0v) is 12.7. The molecule has 1 aliphatic heterocycles. The molecule has 0 radical (unpaired) electrons. The van der Waals surface area contributed by atoms with Gasteiger partial charge in [0, 0.05) is 35.5 Å². The maximum absolute atomic E-state index is 6.00. The number of pyridine rings is 1. The summed E-state index contributed by atoms with van der Waals surface area (Å²) in [5.74, 6) is 0.829. The monoisotopic (exact) mass is 311 g/mol. The van der Waals surface area contributed by atoms with Gasteiger partial charge in [0.2, 0.25) is 0 Å². The highest BCUT2D eigenvalue weighted by Crippen LogP contribution is 2.30. The van der Waals surface area contributed by atoms with E-state index in [0.29, 0.717) is 12.6 Å². The van der Waals surface area contributed by atoms with Gasteiger partial charge in [-0.2, -0.15) is 0 Å². The molecule has 0 saturated carbocycles. The number of hydrogen-bond donors (Lipinski definition) is 1. The molecule has 2 rings (SSSR count). The molecule has 100 valence electrons. The normalized spacial score (nSPS) is 27.1. The summed E-state index contributed by atoms with van der Waals surface area (Å²) in [7, 11) is 0. The molecule has 3 unspecified atom stereocenters. The molecule has 1 aromatic rings. The van der Waals surface area contributed by atoms with E-state index in [1.165, 1.54) is 18.4 Å². The highest BCUT2D eigenvalue weighted by molar-refractivity contribution is 9.10. The summed E-state index contributed by atoms with van der Waals surface area (Å²) in [6.45, 7) is 6.43. The maximum Gasteiger partial charge on any atom is 0.0488 e. The molecule has 3 nitrogen and oxygen atoms in total. The maximum atomic E-state index is 6.00. The van der Waals surface area contributed by atoms with Crippen LogP contribution in [0, 0.1) is 5.92 Å². The number of nitrogens with zero attached hydrogens (tertiary/aromatic N) is 2. The minimum atomic E-state index is 0.289. The van der Waals surface area contributed by atoms with Crippen LogP contribution in [0.15, 0.2) is 22.9 Å². The van der Waals surface area contributed by atoms with Crippen LogP contribution in [0.2, 0.25) is 0 Å². The molecule has 3 atom stereocenters. The first-order valence-corrected chi connectivity index (χ1v) is 7.47. The van der Waals surface area contributed by atoms with Gasteiger partial charge in [0.1, 0.15) is 0 Å². The quantitative estimate of drug-likeness (QED) is 0.933. The number of hydrogen-bond acceptors (Lipinski definition) is 3. The molecule has 18 heavy (non-hydrogen) atoms. The molecular formula is C14H22BrN3. The van der Waals surface area contributed by atoms with Crippen molar-refractivity contribution in [2.45, 2.75) is 38.8 Å². The van der Waals surface area contributed by atoms with Crippen molar-refractivity contribution in [2.24, 2.45) is 11.7 Å². The molecule has 0 bridgehead atoms. The van der Waals surface area contributed by atoms with Crippen molar-refractivity contribution in [3.05, 3.63) is 28.5 Å². The summed E-state index contributed by atoms with van der Waals surface area (Å²) >= 11 is 3.49. The smallest absolute Gasteiger partial charge is 0.0488 e. The molecule has 1 aromatic heterocycles. The van der Waals surface area contributed by atoms with Crippen LogP contribution in [0.4, 0.5) is 0 Å². The number of piperidine rings is 1. The van der Waals surface area contributed by atoms with Crippen molar-refractivity contribution in [3.63, 3.8) is 0 Å². The second-order valence-corrected chi connectivity index (χ2v) is 6.32. The topological polar surface area (TPSA) is 42.1 Å². The van der Waals surface area contributed by atoms with E-state index in [1.807, 2.05) is 12.4 Å². The standard InChI is InChI=1S/C14H22BrN3/c1-10-3-4-18(11(2)5-10)14(7-16)12-6-13(15)9-17-8-12/h6,8-11,14H,3-5,7,16H2,1-2H3. The molecule has 0 amide bonds. The summed E-state index contributed by atoms with van der Waals surface area (Å²) in [5, 5.41) is 0. The first kappa shape index (κ1) is 14.0. The van der Waals surface area contributed by atoms with Crippen LogP contribution in [0.1, 0.15) is 38.3 Å². The highest BCUT2D eigenvalue weighted by atomic mass is 79.9. The van der Waals surface area contributed by atoms with E-state index in [4.69, 9.17) is 5.73 Å². The second kappa shape index (κ2) is 6.13. The van der Waals surface area contributed by atoms with Gasteiger partial charge in [-0.05, 0) is 59.8 Å². The van der Waals surface area contributed by atoms with E-state index >= 15 is 0 Å². The molecule has 0 aliphatic carbocycles. The summed E-state index contributed by atoms with van der Waals surface area (Å²) < 4.78 is 1.02. The predicted octanol–water partition coefficient (Wildman–Crippen LogP) is 2.96. The van der Waals surface area contributed by atoms with Crippen molar-refractivity contribution in [1.82, 2.24) is 9.88 Å². The molecular weight excluding hydrogens is 290 g/mol. The predicted molar refractivity (Wildman–Crippen MR) is 78.3 cm³/mol. The van der Waals surface area contributed by atoms with Crippen molar-refractivity contribution >= 4 is 15.9 Å². The first-order valence-electron chi connectivity index (χ1n) is 6.68. The molecule has 2 N–H and O–H groups in total. The Morgan fingerprint density at radius 3 is 2.89 bits per heavy atom. The molecule has 2 heterocycles. The van der Waals surface area contributed by atoms with Crippen LogP contribution >= 0.6 is 15.9 Å². The van der Waals surface area contributed by atoms with E-state index in [-0.39, 0.29) is 6.04 Å². The van der Waals surface area contributed by atoms with E-state index < -0.39 is 0 Å². The fourth-order valence-corrected chi connectivity index (χ4v) is 3.34. The minimum absolute atomic E-state index is 0.289. The number of nitrogens with two attached hydrogens (primary N) is 1. The lowest BCUT2D eigenvalue weighted by molar-refractivity contribution is 0.0845. The van der Waals surface area contributed by atoms with Crippen LogP contribution < -0.4 is 5.73 Å². The van der Waals surface area contributed by atoms with Gasteiger partial charge in [0.15, 0.2) is 0 Å². The van der Waals surface area contributed by atoms with Crippen LogP contribution in [-0.2, 0) is 0 Å². The van der Waals surface area contributed by atoms with Gasteiger partial charge in [-0.15, -0.1) is 0 Å². The fraction of sp³-hybridized carbons (Fsp3) is 0.643. The van der Waals surface area contributed by atoms with E-state index in [1.54, 1.807) is 0 Å². The van der Waals surface area contributed by atoms with Gasteiger partial charge in [-0.3, -0.25) is 9.88 Å². The Morgan fingerprint density at radius 1 is 1.50 bits per heavy atom. The molecule has 0 spiro atoms. The zero-order valence-electron chi connectivity index (χ0n) is 11.1. The Hall–Kier alpha value is -0.450. The third kappa shape index (κ3) is 3.11. The lowest BCUT2D eigenvalue weighted by Crippen LogP contribution is -2.44. The van der Waals surface area contributed by atoms with E-state index in [0.717, 1.165) is 16.9 Å². The lowest BCUT2D eigenvalue weighted by Gasteiger charge is -2.41.